The molecule has 3 N–H and O–H groups in total. The number of alkyl halides is 3. The van der Waals surface area contributed by atoms with Gasteiger partial charge in [0.2, 0.25) is 5.91 Å². The van der Waals surface area contributed by atoms with E-state index in [4.69, 9.17) is 5.73 Å². The SMILES string of the molecule is NCC1(CC(=O)NCCOCC(F)(F)F)CCC1. The molecule has 0 atom stereocenters. The predicted molar refractivity (Wildman–Crippen MR) is 59.8 cm³/mol. The first-order valence-electron chi connectivity index (χ1n) is 5.98. The molecule has 0 unspecified atom stereocenters. The van der Waals surface area contributed by atoms with Crippen LogP contribution in [0.5, 0.6) is 0 Å². The van der Waals surface area contributed by atoms with Crippen LogP contribution in [0.25, 0.3) is 0 Å². The van der Waals surface area contributed by atoms with E-state index in [9.17, 15) is 18.0 Å². The van der Waals surface area contributed by atoms with E-state index in [1.54, 1.807) is 0 Å². The van der Waals surface area contributed by atoms with Crippen LogP contribution in [0.4, 0.5) is 13.2 Å². The van der Waals surface area contributed by atoms with Crippen molar-refractivity contribution >= 4 is 5.91 Å². The third-order valence-corrected chi connectivity index (χ3v) is 3.22. The van der Waals surface area contributed by atoms with Crippen molar-refractivity contribution in [2.45, 2.75) is 31.9 Å². The van der Waals surface area contributed by atoms with E-state index in [1.165, 1.54) is 0 Å². The van der Waals surface area contributed by atoms with Crippen LogP contribution in [-0.4, -0.2) is 38.4 Å². The largest absolute Gasteiger partial charge is 0.411 e. The van der Waals surface area contributed by atoms with Crippen molar-refractivity contribution in [2.24, 2.45) is 11.1 Å². The fraction of sp³-hybridized carbons (Fsp3) is 0.909. The molecule has 0 aromatic heterocycles. The second-order valence-electron chi connectivity index (χ2n) is 4.75. The number of nitrogens with one attached hydrogen (secondary N) is 1. The zero-order valence-electron chi connectivity index (χ0n) is 10.2. The number of nitrogens with two attached hydrogens (primary N) is 1. The van der Waals surface area contributed by atoms with Gasteiger partial charge >= 0.3 is 6.18 Å². The topological polar surface area (TPSA) is 64.4 Å². The first-order chi connectivity index (χ1) is 8.37. The number of amides is 1. The maximum atomic E-state index is 11.7. The number of halogens is 3. The van der Waals surface area contributed by atoms with Gasteiger partial charge in [-0.2, -0.15) is 13.2 Å². The van der Waals surface area contributed by atoms with Crippen LogP contribution < -0.4 is 11.1 Å². The van der Waals surface area contributed by atoms with Gasteiger partial charge in [-0.25, -0.2) is 0 Å². The minimum Gasteiger partial charge on any atom is -0.370 e. The molecular formula is C11H19F3N2O2. The summed E-state index contributed by atoms with van der Waals surface area (Å²) in [4.78, 5) is 11.5. The van der Waals surface area contributed by atoms with E-state index < -0.39 is 12.8 Å². The van der Waals surface area contributed by atoms with Gasteiger partial charge in [0, 0.05) is 13.0 Å². The van der Waals surface area contributed by atoms with Gasteiger partial charge in [-0.3, -0.25) is 4.79 Å². The summed E-state index contributed by atoms with van der Waals surface area (Å²) >= 11 is 0. The zero-order chi connectivity index (χ0) is 13.6. The van der Waals surface area contributed by atoms with Crippen molar-refractivity contribution < 1.29 is 22.7 Å². The van der Waals surface area contributed by atoms with Gasteiger partial charge in [0.05, 0.1) is 6.61 Å². The van der Waals surface area contributed by atoms with Crippen molar-refractivity contribution in [3.05, 3.63) is 0 Å². The molecule has 0 saturated heterocycles. The first-order valence-corrected chi connectivity index (χ1v) is 5.98. The molecule has 1 saturated carbocycles. The highest BCUT2D eigenvalue weighted by Gasteiger charge is 2.37. The Morgan fingerprint density at radius 3 is 2.50 bits per heavy atom. The second kappa shape index (κ2) is 6.38. The molecule has 1 rings (SSSR count). The summed E-state index contributed by atoms with van der Waals surface area (Å²) in [6, 6.07) is 0. The Balaban J connectivity index is 2.07. The van der Waals surface area contributed by atoms with Gasteiger partial charge in [0.25, 0.3) is 0 Å². The molecule has 106 valence electrons. The Labute approximate surface area is 104 Å². The van der Waals surface area contributed by atoms with Gasteiger partial charge < -0.3 is 15.8 Å². The Morgan fingerprint density at radius 2 is 2.06 bits per heavy atom. The van der Waals surface area contributed by atoms with E-state index in [1.807, 2.05) is 0 Å². The lowest BCUT2D eigenvalue weighted by molar-refractivity contribution is -0.173. The van der Waals surface area contributed by atoms with E-state index in [2.05, 4.69) is 10.1 Å². The summed E-state index contributed by atoms with van der Waals surface area (Å²) < 4.78 is 39.6. The standard InChI is InChI=1S/C11H19F3N2O2/c12-11(13,14)8-18-5-4-16-9(17)6-10(7-15)2-1-3-10/h1-8,15H2,(H,16,17). The van der Waals surface area contributed by atoms with Crippen molar-refractivity contribution in [3.63, 3.8) is 0 Å². The van der Waals surface area contributed by atoms with E-state index in [0.29, 0.717) is 13.0 Å². The fourth-order valence-corrected chi connectivity index (χ4v) is 1.98. The molecule has 1 aliphatic carbocycles. The van der Waals surface area contributed by atoms with Crippen LogP contribution in [0, 0.1) is 5.41 Å². The Bertz CT molecular complexity index is 272. The molecule has 0 spiro atoms. The summed E-state index contributed by atoms with van der Waals surface area (Å²) in [6.45, 7) is -0.850. The quantitative estimate of drug-likeness (QED) is 0.682. The average molecular weight is 268 g/mol. The molecule has 0 bridgehead atoms. The molecule has 1 aliphatic rings. The highest BCUT2D eigenvalue weighted by molar-refractivity contribution is 5.76. The molecule has 1 amide bonds. The van der Waals surface area contributed by atoms with Gasteiger partial charge in [0.15, 0.2) is 0 Å². The number of ether oxygens (including phenoxy) is 1. The molecule has 0 heterocycles. The van der Waals surface area contributed by atoms with E-state index in [-0.39, 0.29) is 24.5 Å². The monoisotopic (exact) mass is 268 g/mol. The molecule has 0 aliphatic heterocycles. The fourth-order valence-electron chi connectivity index (χ4n) is 1.98. The summed E-state index contributed by atoms with van der Waals surface area (Å²) in [5.74, 6) is -0.171. The van der Waals surface area contributed by atoms with Crippen molar-refractivity contribution in [2.75, 3.05) is 26.3 Å². The number of hydrogen-bond donors (Lipinski definition) is 2. The van der Waals surface area contributed by atoms with E-state index in [0.717, 1.165) is 19.3 Å². The summed E-state index contributed by atoms with van der Waals surface area (Å²) in [5.41, 5.74) is 5.53. The molecule has 4 nitrogen and oxygen atoms in total. The minimum atomic E-state index is -4.32. The van der Waals surface area contributed by atoms with Crippen LogP contribution in [-0.2, 0) is 9.53 Å². The average Bonchev–Trinajstić information content (AvgIpc) is 2.21. The number of carbonyl (C=O) groups is 1. The molecule has 0 aromatic carbocycles. The summed E-state index contributed by atoms with van der Waals surface area (Å²) in [7, 11) is 0. The second-order valence-corrected chi connectivity index (χ2v) is 4.75. The smallest absolute Gasteiger partial charge is 0.370 e. The van der Waals surface area contributed by atoms with Gasteiger partial charge in [0.1, 0.15) is 6.61 Å². The third kappa shape index (κ3) is 5.22. The number of rotatable bonds is 7. The summed E-state index contributed by atoms with van der Waals surface area (Å²) in [5, 5.41) is 2.54. The molecule has 0 radical (unpaired) electrons. The normalized spacial score (nSPS) is 18.2. The lowest BCUT2D eigenvalue weighted by atomic mass is 9.66. The Morgan fingerprint density at radius 1 is 1.39 bits per heavy atom. The van der Waals surface area contributed by atoms with Crippen LogP contribution in [0.1, 0.15) is 25.7 Å². The highest BCUT2D eigenvalue weighted by Crippen LogP contribution is 2.42. The predicted octanol–water partition coefficient (Wildman–Crippen LogP) is 1.20. The maximum Gasteiger partial charge on any atom is 0.411 e. The summed E-state index contributed by atoms with van der Waals surface area (Å²) in [6.07, 6.45) is -0.996. The zero-order valence-corrected chi connectivity index (χ0v) is 10.2. The number of carbonyl (C=O) groups excluding carboxylic acids is 1. The van der Waals surface area contributed by atoms with Crippen molar-refractivity contribution in [1.82, 2.24) is 5.32 Å². The van der Waals surface area contributed by atoms with Gasteiger partial charge in [-0.1, -0.05) is 6.42 Å². The lowest BCUT2D eigenvalue weighted by Crippen LogP contribution is -2.42. The minimum absolute atomic E-state index is 0.0864. The lowest BCUT2D eigenvalue weighted by Gasteiger charge is -2.40. The van der Waals surface area contributed by atoms with Crippen molar-refractivity contribution in [3.8, 4) is 0 Å². The molecule has 7 heteroatoms. The third-order valence-electron chi connectivity index (χ3n) is 3.22. The van der Waals surface area contributed by atoms with Gasteiger partial charge in [-0.15, -0.1) is 0 Å². The van der Waals surface area contributed by atoms with Crippen LogP contribution >= 0.6 is 0 Å². The highest BCUT2D eigenvalue weighted by atomic mass is 19.4. The molecule has 18 heavy (non-hydrogen) atoms. The molecular weight excluding hydrogens is 249 g/mol. The van der Waals surface area contributed by atoms with Crippen LogP contribution in [0.3, 0.4) is 0 Å². The molecule has 1 fully saturated rings. The molecule has 0 aromatic rings. The maximum absolute atomic E-state index is 11.7. The van der Waals surface area contributed by atoms with Gasteiger partial charge in [-0.05, 0) is 24.8 Å². The van der Waals surface area contributed by atoms with Crippen LogP contribution in [0.15, 0.2) is 0 Å². The Kier molecular flexibility index (Phi) is 5.40. The van der Waals surface area contributed by atoms with Crippen LogP contribution in [0.2, 0.25) is 0 Å². The van der Waals surface area contributed by atoms with Crippen molar-refractivity contribution in [1.29, 1.82) is 0 Å². The number of hydrogen-bond acceptors (Lipinski definition) is 3. The Hall–Kier alpha value is -0.820. The van der Waals surface area contributed by atoms with E-state index >= 15 is 0 Å². The first kappa shape index (κ1) is 15.2.